The van der Waals surface area contributed by atoms with Crippen molar-refractivity contribution in [3.05, 3.63) is 102 Å². The summed E-state index contributed by atoms with van der Waals surface area (Å²) in [6.07, 6.45) is 0. The highest BCUT2D eigenvalue weighted by atomic mass is 16.7. The molecule has 0 aromatic heterocycles. The van der Waals surface area contributed by atoms with Crippen LogP contribution in [0.1, 0.15) is 28.7 Å². The highest BCUT2D eigenvalue weighted by Gasteiger charge is 2.45. The van der Waals surface area contributed by atoms with Gasteiger partial charge >= 0.3 is 5.97 Å². The van der Waals surface area contributed by atoms with Crippen LogP contribution in [0.15, 0.2) is 84.9 Å². The first-order valence-corrected chi connectivity index (χ1v) is 8.42. The topological polar surface area (TPSA) is 29.5 Å². The molecule has 1 aliphatic heterocycles. The van der Waals surface area contributed by atoms with Crippen LogP contribution >= 0.6 is 0 Å². The van der Waals surface area contributed by atoms with Gasteiger partial charge in [-0.2, -0.15) is 5.06 Å². The van der Waals surface area contributed by atoms with E-state index in [1.807, 2.05) is 91.9 Å². The number of carbonyl (C=O) groups excluding carboxylic acids is 1. The lowest BCUT2D eigenvalue weighted by atomic mass is 9.87. The van der Waals surface area contributed by atoms with Crippen molar-refractivity contribution >= 4 is 11.7 Å². The Labute approximate surface area is 147 Å². The molecule has 1 saturated heterocycles. The molecule has 3 aromatic rings. The smallest absolute Gasteiger partial charge is 0.339 e. The van der Waals surface area contributed by atoms with E-state index in [4.69, 9.17) is 4.84 Å². The lowest BCUT2D eigenvalue weighted by Crippen LogP contribution is -2.24. The molecule has 25 heavy (non-hydrogen) atoms. The van der Waals surface area contributed by atoms with E-state index >= 15 is 0 Å². The van der Waals surface area contributed by atoms with Crippen molar-refractivity contribution < 1.29 is 9.63 Å². The number of hydrogen-bond acceptors (Lipinski definition) is 3. The van der Waals surface area contributed by atoms with Crippen LogP contribution in [0.2, 0.25) is 0 Å². The first-order valence-electron chi connectivity index (χ1n) is 8.42. The van der Waals surface area contributed by atoms with E-state index < -0.39 is 0 Å². The molecular weight excluding hydrogens is 310 g/mol. The lowest BCUT2D eigenvalue weighted by molar-refractivity contribution is -0.140. The Morgan fingerprint density at radius 2 is 1.32 bits per heavy atom. The van der Waals surface area contributed by atoms with Crippen LogP contribution in [0.5, 0.6) is 0 Å². The van der Waals surface area contributed by atoms with Gasteiger partial charge in [0, 0.05) is 0 Å². The SMILES string of the molecule is Cc1ccccc1N1OC(=O)C(c2ccccc2)C1c1ccccc1. The van der Waals surface area contributed by atoms with Crippen molar-refractivity contribution in [1.82, 2.24) is 0 Å². The average molecular weight is 329 g/mol. The number of rotatable bonds is 3. The predicted molar refractivity (Wildman–Crippen MR) is 98.1 cm³/mol. The van der Waals surface area contributed by atoms with Gasteiger partial charge in [-0.1, -0.05) is 78.9 Å². The van der Waals surface area contributed by atoms with Crippen molar-refractivity contribution in [2.45, 2.75) is 18.9 Å². The minimum atomic E-state index is -0.358. The molecular formula is C22H19NO2. The maximum atomic E-state index is 12.8. The standard InChI is InChI=1S/C22H19NO2/c1-16-10-8-9-15-19(16)23-21(18-13-6-3-7-14-18)20(22(24)25-23)17-11-4-2-5-12-17/h2-15,20-21H,1H3. The molecule has 2 atom stereocenters. The molecule has 1 aliphatic rings. The predicted octanol–water partition coefficient (Wildman–Crippen LogP) is 4.80. The van der Waals surface area contributed by atoms with Gasteiger partial charge < -0.3 is 4.84 Å². The maximum absolute atomic E-state index is 12.8. The first kappa shape index (κ1) is 15.5. The van der Waals surface area contributed by atoms with Crippen LogP contribution in [-0.2, 0) is 9.63 Å². The number of carbonyl (C=O) groups is 1. The fourth-order valence-electron chi connectivity index (χ4n) is 3.44. The van der Waals surface area contributed by atoms with Gasteiger partial charge in [0.1, 0.15) is 12.0 Å². The minimum Gasteiger partial charge on any atom is -0.339 e. The summed E-state index contributed by atoms with van der Waals surface area (Å²) in [7, 11) is 0. The summed E-state index contributed by atoms with van der Waals surface area (Å²) in [6, 6.07) is 27.7. The summed E-state index contributed by atoms with van der Waals surface area (Å²) < 4.78 is 0. The second-order valence-corrected chi connectivity index (χ2v) is 6.27. The summed E-state index contributed by atoms with van der Waals surface area (Å²) >= 11 is 0. The number of anilines is 1. The van der Waals surface area contributed by atoms with Crippen LogP contribution in [0.3, 0.4) is 0 Å². The van der Waals surface area contributed by atoms with E-state index in [0.717, 1.165) is 22.4 Å². The number of nitrogens with zero attached hydrogens (tertiary/aromatic N) is 1. The first-order chi connectivity index (χ1) is 12.3. The van der Waals surface area contributed by atoms with E-state index in [9.17, 15) is 4.79 Å². The second-order valence-electron chi connectivity index (χ2n) is 6.27. The minimum absolute atomic E-state index is 0.197. The van der Waals surface area contributed by atoms with Crippen LogP contribution in [-0.4, -0.2) is 5.97 Å². The molecule has 0 saturated carbocycles. The molecule has 1 heterocycles. The third-order valence-corrected chi connectivity index (χ3v) is 4.66. The van der Waals surface area contributed by atoms with Crippen LogP contribution < -0.4 is 5.06 Å². The highest BCUT2D eigenvalue weighted by molar-refractivity contribution is 5.84. The maximum Gasteiger partial charge on any atom is 0.342 e. The molecule has 0 aliphatic carbocycles. The molecule has 0 radical (unpaired) electrons. The quantitative estimate of drug-likeness (QED) is 0.691. The zero-order valence-electron chi connectivity index (χ0n) is 14.0. The fraction of sp³-hybridized carbons (Fsp3) is 0.136. The molecule has 2 unspecified atom stereocenters. The summed E-state index contributed by atoms with van der Waals surface area (Å²) in [5.74, 6) is -0.577. The second kappa shape index (κ2) is 6.44. The summed E-state index contributed by atoms with van der Waals surface area (Å²) in [5.41, 5.74) is 4.02. The molecule has 3 heteroatoms. The van der Waals surface area contributed by atoms with Gasteiger partial charge in [0.15, 0.2) is 0 Å². The molecule has 0 N–H and O–H groups in total. The molecule has 4 rings (SSSR count). The van der Waals surface area contributed by atoms with Gasteiger partial charge in [-0.15, -0.1) is 0 Å². The van der Waals surface area contributed by atoms with Gasteiger partial charge in [-0.05, 0) is 29.7 Å². The average Bonchev–Trinajstić information content (AvgIpc) is 3.00. The van der Waals surface area contributed by atoms with E-state index in [-0.39, 0.29) is 17.9 Å². The monoisotopic (exact) mass is 329 g/mol. The van der Waals surface area contributed by atoms with E-state index in [1.165, 1.54) is 0 Å². The van der Waals surface area contributed by atoms with E-state index in [1.54, 1.807) is 5.06 Å². The Morgan fingerprint density at radius 3 is 1.96 bits per heavy atom. The molecule has 0 amide bonds. The Morgan fingerprint density at radius 1 is 0.760 bits per heavy atom. The normalized spacial score (nSPS) is 19.7. The number of aryl methyl sites for hydroxylation is 1. The zero-order chi connectivity index (χ0) is 17.2. The Bertz CT molecular complexity index is 877. The summed E-state index contributed by atoms with van der Waals surface area (Å²) in [4.78, 5) is 18.5. The number of para-hydroxylation sites is 1. The molecule has 124 valence electrons. The third kappa shape index (κ3) is 2.78. The highest BCUT2D eigenvalue weighted by Crippen LogP contribution is 2.45. The largest absolute Gasteiger partial charge is 0.342 e. The fourth-order valence-corrected chi connectivity index (χ4v) is 3.44. The van der Waals surface area contributed by atoms with Crippen molar-refractivity contribution in [2.24, 2.45) is 0 Å². The molecule has 1 fully saturated rings. The zero-order valence-corrected chi connectivity index (χ0v) is 14.0. The lowest BCUT2D eigenvalue weighted by Gasteiger charge is -2.27. The number of benzene rings is 3. The summed E-state index contributed by atoms with van der Waals surface area (Å²) in [6.45, 7) is 2.03. The van der Waals surface area contributed by atoms with Crippen LogP contribution in [0.4, 0.5) is 5.69 Å². The number of hydrogen-bond donors (Lipinski definition) is 0. The van der Waals surface area contributed by atoms with Gasteiger partial charge in [0.2, 0.25) is 0 Å². The van der Waals surface area contributed by atoms with Gasteiger partial charge in [-0.25, -0.2) is 4.79 Å². The van der Waals surface area contributed by atoms with E-state index in [2.05, 4.69) is 0 Å². The van der Waals surface area contributed by atoms with Crippen molar-refractivity contribution in [3.63, 3.8) is 0 Å². The summed E-state index contributed by atoms with van der Waals surface area (Å²) in [5, 5.41) is 1.77. The van der Waals surface area contributed by atoms with Crippen LogP contribution in [0.25, 0.3) is 0 Å². The molecule has 0 spiro atoms. The van der Waals surface area contributed by atoms with Gasteiger partial charge in [-0.3, -0.25) is 0 Å². The van der Waals surface area contributed by atoms with E-state index in [0.29, 0.717) is 0 Å². The van der Waals surface area contributed by atoms with Gasteiger partial charge in [0.25, 0.3) is 0 Å². The molecule has 3 nitrogen and oxygen atoms in total. The van der Waals surface area contributed by atoms with Gasteiger partial charge in [0.05, 0.1) is 5.69 Å². The van der Waals surface area contributed by atoms with Crippen molar-refractivity contribution in [2.75, 3.05) is 5.06 Å². The van der Waals surface area contributed by atoms with Crippen molar-refractivity contribution in [3.8, 4) is 0 Å². The van der Waals surface area contributed by atoms with Crippen molar-refractivity contribution in [1.29, 1.82) is 0 Å². The number of hydroxylamine groups is 1. The Hall–Kier alpha value is -3.07. The molecule has 0 bridgehead atoms. The Kier molecular flexibility index (Phi) is 3.98. The van der Waals surface area contributed by atoms with Crippen LogP contribution in [0, 0.1) is 6.92 Å². The molecule has 3 aromatic carbocycles. The Balaban J connectivity index is 1.85. The third-order valence-electron chi connectivity index (χ3n) is 4.66.